The van der Waals surface area contributed by atoms with Crippen LogP contribution in [0, 0.1) is 0 Å². The van der Waals surface area contributed by atoms with Crippen LogP contribution < -0.4 is 10.7 Å². The van der Waals surface area contributed by atoms with Crippen LogP contribution in [0.15, 0.2) is 34.1 Å². The summed E-state index contributed by atoms with van der Waals surface area (Å²) in [5.41, 5.74) is -0.843. The average Bonchev–Trinajstić information content (AvgIpc) is 2.83. The lowest BCUT2D eigenvalue weighted by Gasteiger charge is -2.44. The Morgan fingerprint density at radius 1 is 1.33 bits per heavy atom. The maximum absolute atomic E-state index is 12.5. The SMILES string of the molecule is CCn1cc(C(=O)O)c(=O)c2ccc(SCCNCCC(=O)O[C@H]3[C@@H](C)O[C@@H](O)C[C@@]3(C)OC)cc21. The van der Waals surface area contributed by atoms with Crippen LogP contribution in [0.25, 0.3) is 10.9 Å². The number of aliphatic hydroxyl groups excluding tert-OH is 1. The van der Waals surface area contributed by atoms with Gasteiger partial charge in [0.25, 0.3) is 0 Å². The number of nitrogens with one attached hydrogen (secondary N) is 1. The van der Waals surface area contributed by atoms with Gasteiger partial charge in [-0.1, -0.05) is 0 Å². The number of aryl methyl sites for hydroxylation is 1. The lowest BCUT2D eigenvalue weighted by Crippen LogP contribution is -2.57. The molecule has 0 aliphatic carbocycles. The molecule has 2 aromatic rings. The number of thioether (sulfide) groups is 1. The van der Waals surface area contributed by atoms with E-state index in [1.54, 1.807) is 36.2 Å². The van der Waals surface area contributed by atoms with Gasteiger partial charge in [0.1, 0.15) is 11.2 Å². The number of aromatic carboxylic acids is 1. The first-order valence-electron chi connectivity index (χ1n) is 11.9. The lowest BCUT2D eigenvalue weighted by atomic mass is 9.88. The molecule has 36 heavy (non-hydrogen) atoms. The molecule has 0 spiro atoms. The molecule has 1 aliphatic rings. The number of carboxylic acid groups (broad SMARTS) is 1. The van der Waals surface area contributed by atoms with Gasteiger partial charge in [0.2, 0.25) is 5.43 Å². The number of methoxy groups -OCH3 is 1. The summed E-state index contributed by atoms with van der Waals surface area (Å²) in [5.74, 6) is -0.870. The van der Waals surface area contributed by atoms with Gasteiger partial charge in [-0.25, -0.2) is 4.79 Å². The minimum absolute atomic E-state index is 0.181. The van der Waals surface area contributed by atoms with Gasteiger partial charge in [-0.2, -0.15) is 0 Å². The number of esters is 1. The Balaban J connectivity index is 1.47. The van der Waals surface area contributed by atoms with Crippen molar-refractivity contribution in [2.75, 3.05) is 26.0 Å². The summed E-state index contributed by atoms with van der Waals surface area (Å²) >= 11 is 1.59. The maximum Gasteiger partial charge on any atom is 0.341 e. The number of carboxylic acids is 1. The van der Waals surface area contributed by atoms with Crippen molar-refractivity contribution in [1.29, 1.82) is 0 Å². The fourth-order valence-electron chi connectivity index (χ4n) is 4.38. The summed E-state index contributed by atoms with van der Waals surface area (Å²) < 4.78 is 18.3. The van der Waals surface area contributed by atoms with E-state index in [1.807, 2.05) is 19.1 Å². The monoisotopic (exact) mass is 522 g/mol. The Labute approximate surface area is 213 Å². The van der Waals surface area contributed by atoms with Gasteiger partial charge in [0, 0.05) is 55.4 Å². The molecule has 2 heterocycles. The highest BCUT2D eigenvalue weighted by molar-refractivity contribution is 7.99. The number of rotatable bonds is 11. The molecule has 198 valence electrons. The van der Waals surface area contributed by atoms with Crippen LogP contribution in [0.1, 0.15) is 44.0 Å². The van der Waals surface area contributed by atoms with E-state index in [2.05, 4.69) is 5.32 Å². The van der Waals surface area contributed by atoms with Crippen molar-refractivity contribution in [2.24, 2.45) is 0 Å². The Morgan fingerprint density at radius 3 is 2.75 bits per heavy atom. The van der Waals surface area contributed by atoms with E-state index in [1.165, 1.54) is 13.3 Å². The average molecular weight is 523 g/mol. The molecular formula is C25H34N2O8S. The summed E-state index contributed by atoms with van der Waals surface area (Å²) in [4.78, 5) is 37.2. The van der Waals surface area contributed by atoms with Crippen molar-refractivity contribution in [2.45, 2.75) is 69.2 Å². The second-order valence-corrected chi connectivity index (χ2v) is 10.1. The third-order valence-electron chi connectivity index (χ3n) is 6.38. The van der Waals surface area contributed by atoms with Gasteiger partial charge in [0.05, 0.1) is 18.0 Å². The molecule has 3 N–H and O–H groups in total. The summed E-state index contributed by atoms with van der Waals surface area (Å²) in [5, 5.41) is 22.7. The molecule has 1 fully saturated rings. The molecule has 0 amide bonds. The van der Waals surface area contributed by atoms with E-state index in [0.29, 0.717) is 30.5 Å². The first kappa shape index (κ1) is 28.1. The van der Waals surface area contributed by atoms with Crippen LogP contribution in [0.2, 0.25) is 0 Å². The summed E-state index contributed by atoms with van der Waals surface area (Å²) in [6, 6.07) is 5.38. The van der Waals surface area contributed by atoms with Gasteiger partial charge in [-0.05, 0) is 39.0 Å². The molecule has 1 saturated heterocycles. The fraction of sp³-hybridized carbons (Fsp3) is 0.560. The number of pyridine rings is 1. The summed E-state index contributed by atoms with van der Waals surface area (Å²) in [7, 11) is 1.52. The van der Waals surface area contributed by atoms with Gasteiger partial charge in [-0.3, -0.25) is 9.59 Å². The van der Waals surface area contributed by atoms with Crippen molar-refractivity contribution < 1.29 is 34.0 Å². The standard InChI is InChI=1S/C25H34N2O8S/c1-5-27-14-18(24(31)32)22(30)17-7-6-16(12-19(17)27)36-11-10-26-9-8-20(28)35-23-15(2)34-21(29)13-25(23,3)33-4/h6-7,12,14-15,21,23,26,29H,5,8-11,13H2,1-4H3,(H,31,32)/t15-,21-,23+,25-/m1/s1. The Morgan fingerprint density at radius 2 is 2.08 bits per heavy atom. The lowest BCUT2D eigenvalue weighted by molar-refractivity contribution is -0.269. The molecule has 1 aliphatic heterocycles. The number of carbonyl (C=O) groups is 2. The molecule has 0 unspecified atom stereocenters. The van der Waals surface area contributed by atoms with E-state index in [-0.39, 0.29) is 24.4 Å². The van der Waals surface area contributed by atoms with Crippen LogP contribution in [0.5, 0.6) is 0 Å². The largest absolute Gasteiger partial charge is 0.477 e. The highest BCUT2D eigenvalue weighted by Crippen LogP contribution is 2.33. The molecule has 1 aromatic heterocycles. The number of hydrogen-bond acceptors (Lipinski definition) is 9. The molecule has 1 aromatic carbocycles. The first-order chi connectivity index (χ1) is 17.1. The summed E-state index contributed by atoms with van der Waals surface area (Å²) in [6.45, 7) is 7.06. The zero-order valence-electron chi connectivity index (χ0n) is 21.0. The fourth-order valence-corrected chi connectivity index (χ4v) is 5.22. The van der Waals surface area contributed by atoms with Crippen molar-refractivity contribution >= 4 is 34.6 Å². The number of ether oxygens (including phenoxy) is 3. The summed E-state index contributed by atoms with van der Waals surface area (Å²) in [6.07, 6.45) is -0.285. The Hall–Kier alpha value is -2.44. The van der Waals surface area contributed by atoms with Crippen LogP contribution >= 0.6 is 11.8 Å². The number of aliphatic hydroxyl groups is 1. The molecule has 0 saturated carbocycles. The van der Waals surface area contributed by atoms with Gasteiger partial charge in [0.15, 0.2) is 12.4 Å². The van der Waals surface area contributed by atoms with E-state index < -0.39 is 35.5 Å². The molecular weight excluding hydrogens is 488 g/mol. The number of fused-ring (bicyclic) bond motifs is 1. The topological polar surface area (TPSA) is 136 Å². The normalized spacial score (nSPS) is 24.1. The minimum atomic E-state index is -1.23. The number of benzene rings is 1. The van der Waals surface area contributed by atoms with Crippen LogP contribution in [-0.2, 0) is 25.5 Å². The van der Waals surface area contributed by atoms with E-state index >= 15 is 0 Å². The van der Waals surface area contributed by atoms with Crippen molar-refractivity contribution in [3.63, 3.8) is 0 Å². The third kappa shape index (κ3) is 6.46. The number of aromatic nitrogens is 1. The van der Waals surface area contributed by atoms with Gasteiger partial charge < -0.3 is 34.3 Å². The quantitative estimate of drug-likeness (QED) is 0.229. The zero-order valence-corrected chi connectivity index (χ0v) is 21.8. The smallest absolute Gasteiger partial charge is 0.341 e. The Bertz CT molecular complexity index is 1150. The highest BCUT2D eigenvalue weighted by Gasteiger charge is 2.47. The Kier molecular flexibility index (Phi) is 9.53. The van der Waals surface area contributed by atoms with Gasteiger partial charge in [-0.15, -0.1) is 11.8 Å². The van der Waals surface area contributed by atoms with Crippen LogP contribution in [0.3, 0.4) is 0 Å². The number of nitrogens with zero attached hydrogens (tertiary/aromatic N) is 1. The molecule has 10 nitrogen and oxygen atoms in total. The predicted octanol–water partition coefficient (Wildman–Crippen LogP) is 2.24. The van der Waals surface area contributed by atoms with Crippen molar-refractivity contribution in [3.8, 4) is 0 Å². The van der Waals surface area contributed by atoms with E-state index in [4.69, 9.17) is 14.2 Å². The van der Waals surface area contributed by atoms with E-state index in [9.17, 15) is 24.6 Å². The highest BCUT2D eigenvalue weighted by atomic mass is 32.2. The molecule has 0 bridgehead atoms. The van der Waals surface area contributed by atoms with Crippen LogP contribution in [0.4, 0.5) is 0 Å². The third-order valence-corrected chi connectivity index (χ3v) is 7.38. The first-order valence-corrected chi connectivity index (χ1v) is 12.9. The number of hydrogen-bond donors (Lipinski definition) is 3. The molecule has 3 rings (SSSR count). The molecule has 0 radical (unpaired) electrons. The minimum Gasteiger partial charge on any atom is -0.477 e. The molecule has 4 atom stereocenters. The second kappa shape index (κ2) is 12.2. The predicted molar refractivity (Wildman–Crippen MR) is 136 cm³/mol. The van der Waals surface area contributed by atoms with Crippen molar-refractivity contribution in [3.05, 3.63) is 40.2 Å². The van der Waals surface area contributed by atoms with Crippen molar-refractivity contribution in [1.82, 2.24) is 9.88 Å². The number of carbonyl (C=O) groups excluding carboxylic acids is 1. The zero-order chi connectivity index (χ0) is 26.5. The van der Waals surface area contributed by atoms with E-state index in [0.717, 1.165) is 10.6 Å². The maximum atomic E-state index is 12.5. The van der Waals surface area contributed by atoms with Crippen LogP contribution in [-0.4, -0.2) is 76.8 Å². The van der Waals surface area contributed by atoms with Gasteiger partial charge >= 0.3 is 11.9 Å². The molecule has 11 heteroatoms. The second-order valence-electron chi connectivity index (χ2n) is 8.92.